The Labute approximate surface area is 145 Å². The molecule has 0 aliphatic carbocycles. The first-order chi connectivity index (χ1) is 11.3. The summed E-state index contributed by atoms with van der Waals surface area (Å²) in [6.07, 6.45) is 0.654. The van der Waals surface area contributed by atoms with E-state index in [1.165, 1.54) is 0 Å². The molecule has 0 unspecified atom stereocenters. The van der Waals surface area contributed by atoms with E-state index in [0.717, 1.165) is 11.1 Å². The number of halogens is 1. The molecule has 2 aromatic rings. The molecule has 0 aliphatic heterocycles. The molecule has 0 bridgehead atoms. The number of rotatable bonds is 4. The number of H-pyrrole nitrogens is 1. The van der Waals surface area contributed by atoms with Crippen molar-refractivity contribution in [1.82, 2.24) is 4.98 Å². The Hall–Kier alpha value is -2.58. The van der Waals surface area contributed by atoms with E-state index in [-0.39, 0.29) is 17.9 Å². The van der Waals surface area contributed by atoms with Crippen LogP contribution in [-0.4, -0.2) is 10.9 Å². The lowest BCUT2D eigenvalue weighted by atomic mass is 9.99. The normalized spacial score (nSPS) is 10.3. The zero-order valence-electron chi connectivity index (χ0n) is 13.8. The Morgan fingerprint density at radius 1 is 1.33 bits per heavy atom. The summed E-state index contributed by atoms with van der Waals surface area (Å²) in [5.41, 5.74) is 3.40. The number of carbonyl (C=O) groups is 1. The van der Waals surface area contributed by atoms with Crippen molar-refractivity contribution in [3.05, 3.63) is 61.5 Å². The first-order valence-corrected chi connectivity index (χ1v) is 7.89. The summed E-state index contributed by atoms with van der Waals surface area (Å²) in [7, 11) is 0. The smallest absolute Gasteiger partial charge is 0.266 e. The van der Waals surface area contributed by atoms with Crippen LogP contribution < -0.4 is 10.9 Å². The average molecular weight is 344 g/mol. The van der Waals surface area contributed by atoms with Gasteiger partial charge in [-0.3, -0.25) is 9.59 Å². The van der Waals surface area contributed by atoms with Gasteiger partial charge in [-0.05, 0) is 56.0 Å². The number of hydrogen-bond acceptors (Lipinski definition) is 3. The van der Waals surface area contributed by atoms with Gasteiger partial charge < -0.3 is 10.3 Å². The molecule has 1 aromatic carbocycles. The van der Waals surface area contributed by atoms with Gasteiger partial charge in [0.05, 0.1) is 10.7 Å². The minimum absolute atomic E-state index is 0.0950. The van der Waals surface area contributed by atoms with Crippen LogP contribution >= 0.6 is 11.6 Å². The van der Waals surface area contributed by atoms with Crippen molar-refractivity contribution in [2.75, 3.05) is 5.32 Å². The summed E-state index contributed by atoms with van der Waals surface area (Å²) in [5.74, 6) is -0.177. The Bertz CT molecular complexity index is 894. The van der Waals surface area contributed by atoms with E-state index in [4.69, 9.17) is 16.9 Å². The highest BCUT2D eigenvalue weighted by atomic mass is 35.5. The largest absolute Gasteiger partial charge is 0.325 e. The number of pyridine rings is 1. The van der Waals surface area contributed by atoms with E-state index in [1.807, 2.05) is 19.1 Å². The van der Waals surface area contributed by atoms with Crippen LogP contribution in [0.5, 0.6) is 0 Å². The van der Waals surface area contributed by atoms with Gasteiger partial charge in [0.15, 0.2) is 0 Å². The molecule has 2 rings (SSSR count). The molecule has 0 spiro atoms. The van der Waals surface area contributed by atoms with Gasteiger partial charge in [0, 0.05) is 12.1 Å². The minimum Gasteiger partial charge on any atom is -0.325 e. The van der Waals surface area contributed by atoms with Crippen LogP contribution in [0, 0.1) is 32.1 Å². The van der Waals surface area contributed by atoms with E-state index in [0.29, 0.717) is 28.4 Å². The third-order valence-electron chi connectivity index (χ3n) is 3.92. The first-order valence-electron chi connectivity index (χ1n) is 7.52. The lowest BCUT2D eigenvalue weighted by molar-refractivity contribution is -0.116. The van der Waals surface area contributed by atoms with Crippen molar-refractivity contribution < 1.29 is 4.79 Å². The van der Waals surface area contributed by atoms with Crippen LogP contribution in [0.15, 0.2) is 23.0 Å². The highest BCUT2D eigenvalue weighted by Gasteiger charge is 2.14. The average Bonchev–Trinajstić information content (AvgIpc) is 2.50. The molecule has 0 saturated heterocycles. The number of nitrogens with zero attached hydrogens (tertiary/aromatic N) is 1. The second kappa shape index (κ2) is 7.33. The number of aromatic amines is 1. The molecular weight excluding hydrogens is 326 g/mol. The van der Waals surface area contributed by atoms with Crippen LogP contribution in [0.25, 0.3) is 0 Å². The van der Waals surface area contributed by atoms with Gasteiger partial charge in [0.25, 0.3) is 5.56 Å². The van der Waals surface area contributed by atoms with Gasteiger partial charge >= 0.3 is 0 Å². The highest BCUT2D eigenvalue weighted by molar-refractivity contribution is 6.33. The highest BCUT2D eigenvalue weighted by Crippen LogP contribution is 2.23. The summed E-state index contributed by atoms with van der Waals surface area (Å²) in [6, 6.07) is 7.33. The van der Waals surface area contributed by atoms with Crippen LogP contribution in [-0.2, 0) is 11.2 Å². The van der Waals surface area contributed by atoms with Gasteiger partial charge in [-0.2, -0.15) is 5.26 Å². The maximum atomic E-state index is 12.2. The number of benzene rings is 1. The predicted molar refractivity (Wildman–Crippen MR) is 94.4 cm³/mol. The standard InChI is InChI=1S/C18H18ClN3O2/c1-10-4-6-16(15(19)8-10)22-17(23)7-5-13-11(2)14(9-20)18(24)21-12(13)3/h4,6,8H,5,7H2,1-3H3,(H,21,24)(H,22,23). The van der Waals surface area contributed by atoms with Crippen molar-refractivity contribution in [3.8, 4) is 6.07 Å². The first kappa shape index (κ1) is 17.8. The maximum Gasteiger partial charge on any atom is 0.266 e. The Morgan fingerprint density at radius 3 is 2.67 bits per heavy atom. The molecule has 0 saturated carbocycles. The molecule has 1 aromatic heterocycles. The molecule has 0 fully saturated rings. The van der Waals surface area contributed by atoms with Gasteiger partial charge in [-0.25, -0.2) is 0 Å². The third-order valence-corrected chi connectivity index (χ3v) is 4.23. The number of nitrogens with one attached hydrogen (secondary N) is 2. The topological polar surface area (TPSA) is 85.8 Å². The zero-order valence-corrected chi connectivity index (χ0v) is 14.5. The van der Waals surface area contributed by atoms with Gasteiger partial charge in [-0.1, -0.05) is 17.7 Å². The molecule has 124 valence electrons. The molecule has 0 aliphatic rings. The molecular formula is C18H18ClN3O2. The van der Waals surface area contributed by atoms with E-state index in [1.54, 1.807) is 26.0 Å². The van der Waals surface area contributed by atoms with Crippen molar-refractivity contribution in [2.45, 2.75) is 33.6 Å². The summed E-state index contributed by atoms with van der Waals surface area (Å²) >= 11 is 6.11. The van der Waals surface area contributed by atoms with Crippen molar-refractivity contribution >= 4 is 23.2 Å². The molecule has 1 heterocycles. The minimum atomic E-state index is -0.396. The molecule has 0 radical (unpaired) electrons. The maximum absolute atomic E-state index is 12.2. The van der Waals surface area contributed by atoms with Crippen molar-refractivity contribution in [2.24, 2.45) is 0 Å². The summed E-state index contributed by atoms with van der Waals surface area (Å²) in [5, 5.41) is 12.3. The number of aryl methyl sites for hydroxylation is 2. The van der Waals surface area contributed by atoms with Crippen LogP contribution in [0.2, 0.25) is 5.02 Å². The van der Waals surface area contributed by atoms with Crippen molar-refractivity contribution in [1.29, 1.82) is 5.26 Å². The number of anilines is 1. The molecule has 5 nitrogen and oxygen atoms in total. The monoisotopic (exact) mass is 343 g/mol. The number of nitriles is 1. The second-order valence-electron chi connectivity index (χ2n) is 5.70. The quantitative estimate of drug-likeness (QED) is 0.892. The summed E-state index contributed by atoms with van der Waals surface area (Å²) in [6.45, 7) is 5.41. The van der Waals surface area contributed by atoms with Crippen LogP contribution in [0.4, 0.5) is 5.69 Å². The Kier molecular flexibility index (Phi) is 5.42. The van der Waals surface area contributed by atoms with Gasteiger partial charge in [0.2, 0.25) is 5.91 Å². The van der Waals surface area contributed by atoms with Crippen LogP contribution in [0.1, 0.15) is 34.4 Å². The fourth-order valence-electron chi connectivity index (χ4n) is 2.59. The van der Waals surface area contributed by atoms with Gasteiger partial charge in [-0.15, -0.1) is 0 Å². The number of hydrogen-bond donors (Lipinski definition) is 2. The Balaban J connectivity index is 2.12. The lowest BCUT2D eigenvalue weighted by Gasteiger charge is -2.11. The second-order valence-corrected chi connectivity index (χ2v) is 6.11. The van der Waals surface area contributed by atoms with Gasteiger partial charge in [0.1, 0.15) is 11.6 Å². The third kappa shape index (κ3) is 3.84. The molecule has 1 amide bonds. The van der Waals surface area contributed by atoms with E-state index >= 15 is 0 Å². The number of aromatic nitrogens is 1. The fourth-order valence-corrected chi connectivity index (χ4v) is 2.88. The molecule has 6 heteroatoms. The van der Waals surface area contributed by atoms with Crippen molar-refractivity contribution in [3.63, 3.8) is 0 Å². The molecule has 24 heavy (non-hydrogen) atoms. The number of carbonyl (C=O) groups excluding carboxylic acids is 1. The molecule has 0 atom stereocenters. The van der Waals surface area contributed by atoms with E-state index in [9.17, 15) is 9.59 Å². The fraction of sp³-hybridized carbons (Fsp3) is 0.278. The summed E-state index contributed by atoms with van der Waals surface area (Å²) < 4.78 is 0. The molecule has 2 N–H and O–H groups in total. The SMILES string of the molecule is Cc1ccc(NC(=O)CCc2c(C)[nH]c(=O)c(C#N)c2C)c(Cl)c1. The lowest BCUT2D eigenvalue weighted by Crippen LogP contribution is -2.18. The zero-order chi connectivity index (χ0) is 17.9. The van der Waals surface area contributed by atoms with E-state index in [2.05, 4.69) is 10.3 Å². The predicted octanol–water partition coefficient (Wildman–Crippen LogP) is 3.40. The van der Waals surface area contributed by atoms with E-state index < -0.39 is 5.56 Å². The Morgan fingerprint density at radius 2 is 2.04 bits per heavy atom. The summed E-state index contributed by atoms with van der Waals surface area (Å²) in [4.78, 5) is 26.5. The van der Waals surface area contributed by atoms with Crippen LogP contribution in [0.3, 0.4) is 0 Å². The number of amides is 1.